The normalized spacial score (nSPS) is 12.4. The fourth-order valence-corrected chi connectivity index (χ4v) is 2.44. The van der Waals surface area contributed by atoms with Crippen LogP contribution < -0.4 is 0 Å². The van der Waals surface area contributed by atoms with Gasteiger partial charge in [0.2, 0.25) is 0 Å². The first-order chi connectivity index (χ1) is 8.70. The van der Waals surface area contributed by atoms with Gasteiger partial charge in [0.05, 0.1) is 5.38 Å². The van der Waals surface area contributed by atoms with E-state index in [4.69, 9.17) is 11.6 Å². The molecule has 0 heterocycles. The first-order valence-corrected chi connectivity index (χ1v) is 6.94. The lowest BCUT2D eigenvalue weighted by atomic mass is 10.0. The maximum Gasteiger partial charge on any atom is 0.0835 e. The van der Waals surface area contributed by atoms with Gasteiger partial charge in [-0.2, -0.15) is 0 Å². The molecule has 0 nitrogen and oxygen atoms in total. The smallest absolute Gasteiger partial charge is 0.0835 e. The molecular weight excluding hydrogens is 240 g/mol. The standard InChI is InChI=1S/C17H19Cl/c1-3-5-14-8-10-15(11-9-14)17(18)16-7-4-6-13(2)12-16/h4,6-12,17H,3,5H2,1-2H3. The second kappa shape index (κ2) is 6.06. The van der Waals surface area contributed by atoms with Crippen LogP contribution in [-0.2, 0) is 6.42 Å². The van der Waals surface area contributed by atoms with E-state index >= 15 is 0 Å². The quantitative estimate of drug-likeness (QED) is 0.655. The Bertz CT molecular complexity index is 499. The molecule has 0 aliphatic rings. The van der Waals surface area contributed by atoms with E-state index in [9.17, 15) is 0 Å². The molecule has 0 aromatic heterocycles. The largest absolute Gasteiger partial charge is 0.113 e. The zero-order valence-electron chi connectivity index (χ0n) is 11.0. The van der Waals surface area contributed by atoms with Gasteiger partial charge in [0.25, 0.3) is 0 Å². The van der Waals surface area contributed by atoms with Gasteiger partial charge < -0.3 is 0 Å². The highest BCUT2D eigenvalue weighted by molar-refractivity contribution is 6.22. The van der Waals surface area contributed by atoms with Crippen molar-refractivity contribution in [1.29, 1.82) is 0 Å². The second-order valence-corrected chi connectivity index (χ2v) is 5.20. The average Bonchev–Trinajstić information content (AvgIpc) is 2.39. The minimum atomic E-state index is -0.0550. The molecule has 94 valence electrons. The Labute approximate surface area is 115 Å². The highest BCUT2D eigenvalue weighted by Crippen LogP contribution is 2.29. The third-order valence-electron chi connectivity index (χ3n) is 3.15. The Hall–Kier alpha value is -1.27. The molecule has 0 saturated heterocycles. The predicted molar refractivity (Wildman–Crippen MR) is 79.3 cm³/mol. The summed E-state index contributed by atoms with van der Waals surface area (Å²) in [6.45, 7) is 4.29. The van der Waals surface area contributed by atoms with Crippen molar-refractivity contribution in [2.45, 2.75) is 32.1 Å². The monoisotopic (exact) mass is 258 g/mol. The summed E-state index contributed by atoms with van der Waals surface area (Å²) in [6, 6.07) is 17.1. The van der Waals surface area contributed by atoms with Gasteiger partial charge in [-0.15, -0.1) is 11.6 Å². The van der Waals surface area contributed by atoms with Crippen LogP contribution in [0.25, 0.3) is 0 Å². The molecule has 1 atom stereocenters. The van der Waals surface area contributed by atoms with Gasteiger partial charge in [-0.1, -0.05) is 67.4 Å². The third kappa shape index (κ3) is 3.14. The van der Waals surface area contributed by atoms with E-state index in [1.54, 1.807) is 0 Å². The molecule has 0 fully saturated rings. The maximum absolute atomic E-state index is 6.53. The second-order valence-electron chi connectivity index (χ2n) is 4.77. The summed E-state index contributed by atoms with van der Waals surface area (Å²) >= 11 is 6.53. The molecule has 0 N–H and O–H groups in total. The molecule has 0 amide bonds. The fourth-order valence-electron chi connectivity index (χ4n) is 2.16. The topological polar surface area (TPSA) is 0 Å². The summed E-state index contributed by atoms with van der Waals surface area (Å²) in [6.07, 6.45) is 2.32. The zero-order valence-corrected chi connectivity index (χ0v) is 11.7. The van der Waals surface area contributed by atoms with Crippen LogP contribution in [-0.4, -0.2) is 0 Å². The van der Waals surface area contributed by atoms with E-state index < -0.39 is 0 Å². The van der Waals surface area contributed by atoms with E-state index in [1.165, 1.54) is 28.7 Å². The van der Waals surface area contributed by atoms with Crippen LogP contribution in [0.4, 0.5) is 0 Å². The molecule has 0 spiro atoms. The van der Waals surface area contributed by atoms with Gasteiger partial charge in [0.15, 0.2) is 0 Å². The molecule has 2 aromatic carbocycles. The fraction of sp³-hybridized carbons (Fsp3) is 0.294. The van der Waals surface area contributed by atoms with E-state index in [1.807, 2.05) is 0 Å². The third-order valence-corrected chi connectivity index (χ3v) is 3.65. The summed E-state index contributed by atoms with van der Waals surface area (Å²) in [5, 5.41) is -0.0550. The van der Waals surface area contributed by atoms with Crippen LogP contribution >= 0.6 is 11.6 Å². The number of aryl methyl sites for hydroxylation is 2. The van der Waals surface area contributed by atoms with Crippen LogP contribution in [0.5, 0.6) is 0 Å². The molecule has 2 aromatic rings. The van der Waals surface area contributed by atoms with Crippen molar-refractivity contribution in [3.8, 4) is 0 Å². The van der Waals surface area contributed by atoms with Gasteiger partial charge in [-0.25, -0.2) is 0 Å². The number of alkyl halides is 1. The summed E-state index contributed by atoms with van der Waals surface area (Å²) in [5.74, 6) is 0. The Kier molecular flexibility index (Phi) is 4.43. The molecule has 1 heteroatoms. The average molecular weight is 259 g/mol. The Balaban J connectivity index is 2.20. The van der Waals surface area contributed by atoms with Crippen LogP contribution in [0.2, 0.25) is 0 Å². The lowest BCUT2D eigenvalue weighted by molar-refractivity contribution is 0.920. The van der Waals surface area contributed by atoms with E-state index in [0.717, 1.165) is 6.42 Å². The van der Waals surface area contributed by atoms with Crippen molar-refractivity contribution >= 4 is 11.6 Å². The van der Waals surface area contributed by atoms with E-state index in [0.29, 0.717) is 0 Å². The molecule has 0 radical (unpaired) electrons. The SMILES string of the molecule is CCCc1ccc(C(Cl)c2cccc(C)c2)cc1. The lowest BCUT2D eigenvalue weighted by Gasteiger charge is -2.11. The van der Waals surface area contributed by atoms with Gasteiger partial charge in [-0.3, -0.25) is 0 Å². The first kappa shape index (κ1) is 13.2. The van der Waals surface area contributed by atoms with Crippen molar-refractivity contribution in [3.05, 3.63) is 70.8 Å². The molecular formula is C17H19Cl. The maximum atomic E-state index is 6.53. The molecule has 2 rings (SSSR count). The van der Waals surface area contributed by atoms with E-state index in [-0.39, 0.29) is 5.38 Å². The van der Waals surface area contributed by atoms with Crippen LogP contribution in [0, 0.1) is 6.92 Å². The van der Waals surface area contributed by atoms with Crippen molar-refractivity contribution in [2.75, 3.05) is 0 Å². The molecule has 0 bridgehead atoms. The van der Waals surface area contributed by atoms with Gasteiger partial charge in [-0.05, 0) is 30.0 Å². The Morgan fingerprint density at radius 3 is 2.33 bits per heavy atom. The van der Waals surface area contributed by atoms with E-state index in [2.05, 4.69) is 62.4 Å². The Morgan fingerprint density at radius 2 is 1.72 bits per heavy atom. The number of hydrogen-bond acceptors (Lipinski definition) is 0. The number of hydrogen-bond donors (Lipinski definition) is 0. The number of halogens is 1. The van der Waals surface area contributed by atoms with Gasteiger partial charge >= 0.3 is 0 Å². The zero-order chi connectivity index (χ0) is 13.0. The molecule has 0 aliphatic carbocycles. The highest BCUT2D eigenvalue weighted by atomic mass is 35.5. The molecule has 1 unspecified atom stereocenters. The number of rotatable bonds is 4. The minimum absolute atomic E-state index is 0.0550. The summed E-state index contributed by atoms with van der Waals surface area (Å²) in [4.78, 5) is 0. The Morgan fingerprint density at radius 1 is 1.00 bits per heavy atom. The van der Waals surface area contributed by atoms with Gasteiger partial charge in [0.1, 0.15) is 0 Å². The summed E-state index contributed by atoms with van der Waals surface area (Å²) in [5.41, 5.74) is 4.97. The van der Waals surface area contributed by atoms with Crippen LogP contribution in [0.1, 0.15) is 41.0 Å². The molecule has 0 aliphatic heterocycles. The van der Waals surface area contributed by atoms with Crippen molar-refractivity contribution in [2.24, 2.45) is 0 Å². The van der Waals surface area contributed by atoms with Crippen molar-refractivity contribution in [3.63, 3.8) is 0 Å². The van der Waals surface area contributed by atoms with Crippen molar-refractivity contribution in [1.82, 2.24) is 0 Å². The molecule has 0 saturated carbocycles. The van der Waals surface area contributed by atoms with Crippen molar-refractivity contribution < 1.29 is 0 Å². The van der Waals surface area contributed by atoms with Crippen LogP contribution in [0.15, 0.2) is 48.5 Å². The minimum Gasteiger partial charge on any atom is -0.113 e. The number of benzene rings is 2. The highest BCUT2D eigenvalue weighted by Gasteiger charge is 2.10. The van der Waals surface area contributed by atoms with Crippen LogP contribution in [0.3, 0.4) is 0 Å². The summed E-state index contributed by atoms with van der Waals surface area (Å²) < 4.78 is 0. The summed E-state index contributed by atoms with van der Waals surface area (Å²) in [7, 11) is 0. The first-order valence-electron chi connectivity index (χ1n) is 6.50. The predicted octanol–water partition coefficient (Wildman–Crippen LogP) is 5.28. The lowest BCUT2D eigenvalue weighted by Crippen LogP contribution is -1.94. The van der Waals surface area contributed by atoms with Gasteiger partial charge in [0, 0.05) is 0 Å². The molecule has 18 heavy (non-hydrogen) atoms.